The molecule has 0 bridgehead atoms. The second-order valence-electron chi connectivity index (χ2n) is 5.31. The van der Waals surface area contributed by atoms with E-state index >= 15 is 0 Å². The summed E-state index contributed by atoms with van der Waals surface area (Å²) in [7, 11) is -1.80. The number of aryl methyl sites for hydroxylation is 1. The van der Waals surface area contributed by atoms with E-state index in [1.165, 1.54) is 23.8 Å². The largest absolute Gasteiger partial charge is 0.495 e. The molecule has 1 aromatic heterocycles. The van der Waals surface area contributed by atoms with Crippen LogP contribution in [0, 0.1) is 6.92 Å². The lowest BCUT2D eigenvalue weighted by Gasteiger charge is -2.16. The van der Waals surface area contributed by atoms with Crippen molar-refractivity contribution < 1.29 is 13.2 Å². The molecule has 0 amide bonds. The molecule has 1 heterocycles. The first-order valence-corrected chi connectivity index (χ1v) is 9.74. The van der Waals surface area contributed by atoms with Gasteiger partial charge in [0.05, 0.1) is 7.11 Å². The van der Waals surface area contributed by atoms with Crippen molar-refractivity contribution in [2.45, 2.75) is 31.3 Å². The van der Waals surface area contributed by atoms with Gasteiger partial charge in [0, 0.05) is 23.7 Å². The van der Waals surface area contributed by atoms with Crippen LogP contribution in [0.25, 0.3) is 0 Å². The predicted octanol–water partition coefficient (Wildman–Crippen LogP) is 3.32. The smallest absolute Gasteiger partial charge is 0.179 e. The third kappa shape index (κ3) is 3.88. The van der Waals surface area contributed by atoms with Gasteiger partial charge in [-0.25, -0.2) is 8.42 Å². The summed E-state index contributed by atoms with van der Waals surface area (Å²) in [5.74, 6) is 0.390. The lowest BCUT2D eigenvalue weighted by Crippen LogP contribution is -2.18. The first kappa shape index (κ1) is 17.0. The van der Waals surface area contributed by atoms with Gasteiger partial charge in [-0.05, 0) is 48.6 Å². The Labute approximate surface area is 136 Å². The number of thiophene rings is 1. The maximum Gasteiger partial charge on any atom is 0.179 e. The van der Waals surface area contributed by atoms with Crippen molar-refractivity contribution in [2.24, 2.45) is 0 Å². The maximum atomic E-state index is 11.7. The highest BCUT2D eigenvalue weighted by atomic mass is 32.2. The Morgan fingerprint density at radius 1 is 1.32 bits per heavy atom. The third-order valence-electron chi connectivity index (χ3n) is 3.62. The SMILES string of the molecule is COc1cc([C@H](C)NCc2sccc2C)ccc1S(C)(=O)=O. The standard InChI is InChI=1S/C16H21NO3S2/c1-11-7-8-21-15(11)10-17-12(2)13-5-6-16(22(4,18)19)14(9-13)20-3/h5-9,12,17H,10H2,1-4H3/t12-/m0/s1. The van der Waals surface area contributed by atoms with Crippen LogP contribution in [0.15, 0.2) is 34.5 Å². The Morgan fingerprint density at radius 3 is 2.59 bits per heavy atom. The normalized spacial score (nSPS) is 13.1. The summed E-state index contributed by atoms with van der Waals surface area (Å²) < 4.78 is 28.7. The summed E-state index contributed by atoms with van der Waals surface area (Å²) in [6.45, 7) is 4.95. The Bertz CT molecular complexity index is 751. The summed E-state index contributed by atoms with van der Waals surface area (Å²) in [5.41, 5.74) is 2.29. The zero-order valence-corrected chi connectivity index (χ0v) is 14.8. The molecule has 0 unspecified atom stereocenters. The minimum atomic E-state index is -3.29. The van der Waals surface area contributed by atoms with Gasteiger partial charge in [0.2, 0.25) is 0 Å². The van der Waals surface area contributed by atoms with Crippen LogP contribution in [-0.2, 0) is 16.4 Å². The van der Waals surface area contributed by atoms with E-state index in [4.69, 9.17) is 4.74 Å². The molecule has 2 rings (SSSR count). The molecular formula is C16H21NO3S2. The van der Waals surface area contributed by atoms with E-state index in [2.05, 4.69) is 30.6 Å². The van der Waals surface area contributed by atoms with Crippen LogP contribution in [0.2, 0.25) is 0 Å². The van der Waals surface area contributed by atoms with Crippen molar-refractivity contribution in [1.82, 2.24) is 5.32 Å². The Kier molecular flexibility index (Phi) is 5.26. The number of hydrogen-bond donors (Lipinski definition) is 1. The summed E-state index contributed by atoms with van der Waals surface area (Å²) >= 11 is 1.73. The number of benzene rings is 1. The van der Waals surface area contributed by atoms with Gasteiger partial charge in [-0.1, -0.05) is 6.07 Å². The lowest BCUT2D eigenvalue weighted by molar-refractivity contribution is 0.401. The first-order chi connectivity index (χ1) is 10.3. The molecule has 22 heavy (non-hydrogen) atoms. The summed E-state index contributed by atoms with van der Waals surface area (Å²) in [5, 5.41) is 5.54. The maximum absolute atomic E-state index is 11.7. The molecule has 1 N–H and O–H groups in total. The molecule has 0 aliphatic heterocycles. The van der Waals surface area contributed by atoms with Crippen molar-refractivity contribution in [2.75, 3.05) is 13.4 Å². The molecule has 0 fully saturated rings. The predicted molar refractivity (Wildman–Crippen MR) is 90.4 cm³/mol. The highest BCUT2D eigenvalue weighted by Crippen LogP contribution is 2.28. The average Bonchev–Trinajstić information content (AvgIpc) is 2.88. The monoisotopic (exact) mass is 339 g/mol. The van der Waals surface area contributed by atoms with Gasteiger partial charge in [0.15, 0.2) is 9.84 Å². The summed E-state index contributed by atoms with van der Waals surface area (Å²) in [6.07, 6.45) is 1.19. The van der Waals surface area contributed by atoms with Gasteiger partial charge >= 0.3 is 0 Å². The van der Waals surface area contributed by atoms with Crippen molar-refractivity contribution in [1.29, 1.82) is 0 Å². The van der Waals surface area contributed by atoms with Crippen LogP contribution in [0.5, 0.6) is 5.75 Å². The molecule has 0 saturated carbocycles. The van der Waals surface area contributed by atoms with Crippen LogP contribution in [0.4, 0.5) is 0 Å². The van der Waals surface area contributed by atoms with E-state index in [0.29, 0.717) is 5.75 Å². The van der Waals surface area contributed by atoms with E-state index in [-0.39, 0.29) is 10.9 Å². The zero-order chi connectivity index (χ0) is 16.3. The van der Waals surface area contributed by atoms with Crippen LogP contribution < -0.4 is 10.1 Å². The van der Waals surface area contributed by atoms with Crippen molar-refractivity contribution >= 4 is 21.2 Å². The van der Waals surface area contributed by atoms with Gasteiger partial charge in [0.1, 0.15) is 10.6 Å². The fourth-order valence-corrected chi connectivity index (χ4v) is 3.89. The molecule has 0 radical (unpaired) electrons. The number of hydrogen-bond acceptors (Lipinski definition) is 5. The summed E-state index contributed by atoms with van der Waals surface area (Å²) in [4.78, 5) is 1.53. The van der Waals surface area contributed by atoms with Gasteiger partial charge in [0.25, 0.3) is 0 Å². The number of methoxy groups -OCH3 is 1. The number of rotatable bonds is 6. The van der Waals surface area contributed by atoms with Crippen molar-refractivity contribution in [3.8, 4) is 5.75 Å². The molecule has 1 atom stereocenters. The Morgan fingerprint density at radius 2 is 2.05 bits per heavy atom. The van der Waals surface area contributed by atoms with Crippen molar-refractivity contribution in [3.63, 3.8) is 0 Å². The van der Waals surface area contributed by atoms with Crippen LogP contribution in [0.1, 0.15) is 29.0 Å². The molecule has 1 aromatic carbocycles. The quantitative estimate of drug-likeness (QED) is 0.877. The van der Waals surface area contributed by atoms with Crippen LogP contribution in [0.3, 0.4) is 0 Å². The highest BCUT2D eigenvalue weighted by Gasteiger charge is 2.16. The minimum absolute atomic E-state index is 0.101. The first-order valence-electron chi connectivity index (χ1n) is 6.97. The molecule has 120 valence electrons. The molecule has 0 aliphatic rings. The molecule has 6 heteroatoms. The fourth-order valence-electron chi connectivity index (χ4n) is 2.21. The lowest BCUT2D eigenvalue weighted by atomic mass is 10.1. The molecule has 0 aliphatic carbocycles. The topological polar surface area (TPSA) is 55.4 Å². The Balaban J connectivity index is 2.16. The molecule has 4 nitrogen and oxygen atoms in total. The average molecular weight is 339 g/mol. The second-order valence-corrected chi connectivity index (χ2v) is 8.30. The van der Waals surface area contributed by atoms with Gasteiger partial charge in [-0.2, -0.15) is 0 Å². The van der Waals surface area contributed by atoms with Crippen LogP contribution in [-0.4, -0.2) is 21.8 Å². The van der Waals surface area contributed by atoms with Crippen molar-refractivity contribution in [3.05, 3.63) is 45.6 Å². The third-order valence-corrected chi connectivity index (χ3v) is 5.78. The van der Waals surface area contributed by atoms with Gasteiger partial charge in [-0.3, -0.25) is 0 Å². The molecular weight excluding hydrogens is 318 g/mol. The number of ether oxygens (including phenoxy) is 1. The fraction of sp³-hybridized carbons (Fsp3) is 0.375. The van der Waals surface area contributed by atoms with E-state index in [9.17, 15) is 8.42 Å². The number of nitrogens with one attached hydrogen (secondary N) is 1. The zero-order valence-electron chi connectivity index (χ0n) is 13.2. The van der Waals surface area contributed by atoms with E-state index < -0.39 is 9.84 Å². The van der Waals surface area contributed by atoms with E-state index in [1.807, 2.05) is 6.07 Å². The highest BCUT2D eigenvalue weighted by molar-refractivity contribution is 7.90. The van der Waals surface area contributed by atoms with Gasteiger partial charge in [-0.15, -0.1) is 11.3 Å². The van der Waals surface area contributed by atoms with Gasteiger partial charge < -0.3 is 10.1 Å². The Hall–Kier alpha value is -1.37. The summed E-state index contributed by atoms with van der Waals surface area (Å²) in [6, 6.07) is 7.44. The second kappa shape index (κ2) is 6.81. The molecule has 0 saturated heterocycles. The van der Waals surface area contributed by atoms with E-state index in [1.54, 1.807) is 23.5 Å². The van der Waals surface area contributed by atoms with Crippen LogP contribution >= 0.6 is 11.3 Å². The number of sulfone groups is 1. The molecule has 0 spiro atoms. The molecule has 2 aromatic rings. The minimum Gasteiger partial charge on any atom is -0.495 e. The van der Waals surface area contributed by atoms with E-state index in [0.717, 1.165) is 12.1 Å².